The van der Waals surface area contributed by atoms with E-state index in [0.717, 1.165) is 19.3 Å². The number of cyclic esters (lactones) is 2. The van der Waals surface area contributed by atoms with E-state index in [0.29, 0.717) is 0 Å². The van der Waals surface area contributed by atoms with Gasteiger partial charge in [-0.3, -0.25) is 5.32 Å². The van der Waals surface area contributed by atoms with Gasteiger partial charge < -0.3 is 4.74 Å². The number of carbonyl (C=O) groups is 2. The van der Waals surface area contributed by atoms with Crippen LogP contribution in [-0.2, 0) is 9.53 Å². The highest BCUT2D eigenvalue weighted by Gasteiger charge is 2.25. The Kier molecular flexibility index (Phi) is 2.85. The standard InChI is InChI=1S/C8H11NO3/c1-2-3-4-5-6-7(10)12-8(11)9-6/h5H,2-4H2,1H3,(H,9,11)/b6-5-. The Bertz CT molecular complexity index is 232. The van der Waals surface area contributed by atoms with Crippen molar-refractivity contribution in [2.45, 2.75) is 26.2 Å². The van der Waals surface area contributed by atoms with Crippen molar-refractivity contribution in [2.24, 2.45) is 0 Å². The lowest BCUT2D eigenvalue weighted by molar-refractivity contribution is -0.130. The van der Waals surface area contributed by atoms with Crippen LogP contribution in [0.5, 0.6) is 0 Å². The van der Waals surface area contributed by atoms with Gasteiger partial charge in [-0.2, -0.15) is 0 Å². The van der Waals surface area contributed by atoms with Gasteiger partial charge in [0, 0.05) is 0 Å². The minimum Gasteiger partial charge on any atom is -0.371 e. The fourth-order valence-electron chi connectivity index (χ4n) is 0.911. The van der Waals surface area contributed by atoms with E-state index in [-0.39, 0.29) is 5.70 Å². The van der Waals surface area contributed by atoms with Gasteiger partial charge in [0.2, 0.25) is 0 Å². The topological polar surface area (TPSA) is 55.4 Å². The van der Waals surface area contributed by atoms with E-state index in [2.05, 4.69) is 17.0 Å². The van der Waals surface area contributed by atoms with Crippen LogP contribution in [0, 0.1) is 0 Å². The minimum absolute atomic E-state index is 0.272. The number of amides is 1. The summed E-state index contributed by atoms with van der Waals surface area (Å²) in [7, 11) is 0. The molecule has 0 saturated carbocycles. The predicted octanol–water partition coefficient (Wildman–Crippen LogP) is 1.33. The van der Waals surface area contributed by atoms with Gasteiger partial charge in [-0.05, 0) is 12.8 Å². The Hall–Kier alpha value is -1.32. The molecule has 4 nitrogen and oxygen atoms in total. The summed E-state index contributed by atoms with van der Waals surface area (Å²) in [6.45, 7) is 2.06. The van der Waals surface area contributed by atoms with E-state index in [1.165, 1.54) is 0 Å². The molecule has 0 aromatic carbocycles. The van der Waals surface area contributed by atoms with Crippen LogP contribution in [-0.4, -0.2) is 12.1 Å². The number of alkyl carbamates (subject to hydrolysis) is 1. The van der Waals surface area contributed by atoms with Crippen LogP contribution in [0.25, 0.3) is 0 Å². The zero-order chi connectivity index (χ0) is 8.97. The van der Waals surface area contributed by atoms with Crippen LogP contribution >= 0.6 is 0 Å². The number of carbonyl (C=O) groups excluding carboxylic acids is 2. The number of hydrogen-bond donors (Lipinski definition) is 1. The van der Waals surface area contributed by atoms with Crippen LogP contribution in [0.1, 0.15) is 26.2 Å². The summed E-state index contributed by atoms with van der Waals surface area (Å²) in [5, 5.41) is 2.31. The molecule has 0 aromatic heterocycles. The summed E-state index contributed by atoms with van der Waals surface area (Å²) in [5.74, 6) is -0.573. The molecule has 1 aliphatic rings. The summed E-state index contributed by atoms with van der Waals surface area (Å²) >= 11 is 0. The zero-order valence-electron chi connectivity index (χ0n) is 6.92. The van der Waals surface area contributed by atoms with Crippen molar-refractivity contribution in [3.05, 3.63) is 11.8 Å². The highest BCUT2D eigenvalue weighted by atomic mass is 16.6. The van der Waals surface area contributed by atoms with Crippen molar-refractivity contribution in [1.82, 2.24) is 5.32 Å². The first-order chi connectivity index (χ1) is 5.74. The van der Waals surface area contributed by atoms with Crippen molar-refractivity contribution in [1.29, 1.82) is 0 Å². The average Bonchev–Trinajstić information content (AvgIpc) is 2.31. The Morgan fingerprint density at radius 2 is 2.25 bits per heavy atom. The molecule has 1 N–H and O–H groups in total. The number of unbranched alkanes of at least 4 members (excludes halogenated alkanes) is 2. The summed E-state index contributed by atoms with van der Waals surface area (Å²) < 4.78 is 4.25. The summed E-state index contributed by atoms with van der Waals surface area (Å²) in [4.78, 5) is 21.3. The molecule has 1 heterocycles. The highest BCUT2D eigenvalue weighted by Crippen LogP contribution is 2.06. The zero-order valence-corrected chi connectivity index (χ0v) is 6.92. The number of allylic oxidation sites excluding steroid dienone is 1. The molecular weight excluding hydrogens is 158 g/mol. The van der Waals surface area contributed by atoms with Crippen molar-refractivity contribution in [3.63, 3.8) is 0 Å². The van der Waals surface area contributed by atoms with Crippen molar-refractivity contribution in [3.8, 4) is 0 Å². The van der Waals surface area contributed by atoms with Crippen LogP contribution in [0.15, 0.2) is 11.8 Å². The Morgan fingerprint density at radius 1 is 1.50 bits per heavy atom. The molecule has 0 spiro atoms. The number of esters is 1. The van der Waals surface area contributed by atoms with E-state index < -0.39 is 12.1 Å². The monoisotopic (exact) mass is 169 g/mol. The molecule has 1 amide bonds. The molecule has 1 rings (SSSR count). The summed E-state index contributed by atoms with van der Waals surface area (Å²) in [6, 6.07) is 0. The van der Waals surface area contributed by atoms with Crippen molar-refractivity contribution in [2.75, 3.05) is 0 Å². The molecule has 0 aromatic rings. The van der Waals surface area contributed by atoms with E-state index >= 15 is 0 Å². The van der Waals surface area contributed by atoms with E-state index in [1.54, 1.807) is 6.08 Å². The lowest BCUT2D eigenvalue weighted by Crippen LogP contribution is -2.11. The van der Waals surface area contributed by atoms with Gasteiger partial charge in [0.1, 0.15) is 5.70 Å². The molecule has 0 unspecified atom stereocenters. The molecule has 1 saturated heterocycles. The fraction of sp³-hybridized carbons (Fsp3) is 0.500. The third kappa shape index (κ3) is 2.08. The first kappa shape index (κ1) is 8.77. The highest BCUT2D eigenvalue weighted by molar-refractivity contribution is 6.03. The lowest BCUT2D eigenvalue weighted by atomic mass is 10.2. The quantitative estimate of drug-likeness (QED) is 0.300. The Balaban J connectivity index is 2.46. The van der Waals surface area contributed by atoms with Gasteiger partial charge in [0.15, 0.2) is 0 Å². The maximum absolute atomic E-state index is 10.8. The van der Waals surface area contributed by atoms with Crippen molar-refractivity contribution < 1.29 is 14.3 Å². The first-order valence-corrected chi connectivity index (χ1v) is 3.97. The summed E-state index contributed by atoms with van der Waals surface area (Å²) in [6.07, 6.45) is 3.87. The maximum Gasteiger partial charge on any atom is 0.419 e. The third-order valence-electron chi connectivity index (χ3n) is 1.55. The molecule has 0 radical (unpaired) electrons. The SMILES string of the molecule is CCCC/C=C1\NC(=O)OC1=O. The van der Waals surface area contributed by atoms with E-state index in [1.807, 2.05) is 0 Å². The van der Waals surface area contributed by atoms with E-state index in [4.69, 9.17) is 0 Å². The largest absolute Gasteiger partial charge is 0.419 e. The van der Waals surface area contributed by atoms with Gasteiger partial charge >= 0.3 is 12.1 Å². The molecular formula is C8H11NO3. The van der Waals surface area contributed by atoms with Crippen LogP contribution in [0.3, 0.4) is 0 Å². The number of rotatable bonds is 3. The average molecular weight is 169 g/mol. The minimum atomic E-state index is -0.678. The Morgan fingerprint density at radius 3 is 2.75 bits per heavy atom. The number of ether oxygens (including phenoxy) is 1. The molecule has 0 atom stereocenters. The molecule has 12 heavy (non-hydrogen) atoms. The normalized spacial score (nSPS) is 19.6. The third-order valence-corrected chi connectivity index (χ3v) is 1.55. The Labute approximate surface area is 70.6 Å². The van der Waals surface area contributed by atoms with Gasteiger partial charge in [-0.25, -0.2) is 9.59 Å². The van der Waals surface area contributed by atoms with Gasteiger partial charge in [-0.1, -0.05) is 19.4 Å². The lowest BCUT2D eigenvalue weighted by Gasteiger charge is -1.90. The first-order valence-electron chi connectivity index (χ1n) is 3.97. The molecule has 66 valence electrons. The van der Waals surface area contributed by atoms with Gasteiger partial charge in [0.25, 0.3) is 0 Å². The molecule has 1 aliphatic heterocycles. The predicted molar refractivity (Wildman–Crippen MR) is 42.2 cm³/mol. The second-order valence-corrected chi connectivity index (χ2v) is 2.56. The fourth-order valence-corrected chi connectivity index (χ4v) is 0.911. The second kappa shape index (κ2) is 3.90. The number of hydrogen-bond acceptors (Lipinski definition) is 3. The molecule has 1 fully saturated rings. The van der Waals surface area contributed by atoms with Gasteiger partial charge in [0.05, 0.1) is 0 Å². The van der Waals surface area contributed by atoms with Crippen LogP contribution in [0.2, 0.25) is 0 Å². The maximum atomic E-state index is 10.8. The second-order valence-electron chi connectivity index (χ2n) is 2.56. The summed E-state index contributed by atoms with van der Waals surface area (Å²) in [5.41, 5.74) is 0.272. The molecule has 4 heteroatoms. The van der Waals surface area contributed by atoms with Crippen LogP contribution in [0.4, 0.5) is 4.79 Å². The molecule has 0 aliphatic carbocycles. The number of nitrogens with one attached hydrogen (secondary N) is 1. The van der Waals surface area contributed by atoms with Gasteiger partial charge in [-0.15, -0.1) is 0 Å². The van der Waals surface area contributed by atoms with Crippen molar-refractivity contribution >= 4 is 12.1 Å². The van der Waals surface area contributed by atoms with Crippen LogP contribution < -0.4 is 5.32 Å². The smallest absolute Gasteiger partial charge is 0.371 e. The molecule has 0 bridgehead atoms. The van der Waals surface area contributed by atoms with E-state index in [9.17, 15) is 9.59 Å².